The Morgan fingerprint density at radius 3 is 2.86 bits per heavy atom. The zero-order chi connectivity index (χ0) is 9.38. The number of hydrogen-bond acceptors (Lipinski definition) is 2. The molecule has 0 saturated carbocycles. The number of benzene rings is 2. The fourth-order valence-corrected chi connectivity index (χ4v) is 1.70. The maximum atomic E-state index is 4.03. The van der Waals surface area contributed by atoms with Crippen molar-refractivity contribution in [1.29, 1.82) is 0 Å². The van der Waals surface area contributed by atoms with Crippen molar-refractivity contribution in [3.63, 3.8) is 0 Å². The molecule has 0 aliphatic carbocycles. The van der Waals surface area contributed by atoms with E-state index in [2.05, 4.69) is 34.6 Å². The van der Waals surface area contributed by atoms with Gasteiger partial charge in [0.05, 0.1) is 5.52 Å². The molecule has 65 valence electrons. The van der Waals surface area contributed by atoms with Crippen LogP contribution in [0.1, 0.15) is 0 Å². The lowest BCUT2D eigenvalue weighted by Crippen LogP contribution is -1.83. The first kappa shape index (κ1) is 7.44. The van der Waals surface area contributed by atoms with Gasteiger partial charge in [0.2, 0.25) is 0 Å². The van der Waals surface area contributed by atoms with Crippen molar-refractivity contribution in [1.82, 2.24) is 10.2 Å². The highest BCUT2D eigenvalue weighted by molar-refractivity contribution is 6.05. The van der Waals surface area contributed by atoms with E-state index in [1.165, 1.54) is 10.8 Å². The summed E-state index contributed by atoms with van der Waals surface area (Å²) in [5.74, 6) is 0. The van der Waals surface area contributed by atoms with Gasteiger partial charge in [-0.3, -0.25) is 0 Å². The van der Waals surface area contributed by atoms with Gasteiger partial charge in [-0.05, 0) is 22.9 Å². The van der Waals surface area contributed by atoms with Gasteiger partial charge in [-0.15, -0.1) is 10.2 Å². The molecule has 0 amide bonds. The van der Waals surface area contributed by atoms with Crippen LogP contribution in [0.25, 0.3) is 21.7 Å². The van der Waals surface area contributed by atoms with Crippen LogP contribution in [0.2, 0.25) is 0 Å². The summed E-state index contributed by atoms with van der Waals surface area (Å²) >= 11 is 0. The average molecular weight is 179 g/mol. The number of hydrogen-bond donors (Lipinski definition) is 0. The topological polar surface area (TPSA) is 25.8 Å². The van der Waals surface area contributed by atoms with Crippen LogP contribution in [-0.4, -0.2) is 10.2 Å². The fraction of sp³-hybridized carbons (Fsp3) is 0. The Balaban J connectivity index is 2.61. The minimum absolute atomic E-state index is 0.919. The Kier molecular flexibility index (Phi) is 1.47. The van der Waals surface area contributed by atoms with Crippen LogP contribution in [0.5, 0.6) is 0 Å². The third-order valence-corrected chi connectivity index (χ3v) is 2.37. The molecule has 0 fully saturated rings. The standard InChI is InChI=1S/C12H7N2/c1-2-4-10-9(3-1)5-6-12-11(10)7-8-13-14-12/h1-7H. The first-order valence-corrected chi connectivity index (χ1v) is 4.46. The lowest BCUT2D eigenvalue weighted by Gasteiger charge is -2.00. The monoisotopic (exact) mass is 179 g/mol. The summed E-state index contributed by atoms with van der Waals surface area (Å²) in [7, 11) is 0. The maximum absolute atomic E-state index is 4.03. The van der Waals surface area contributed by atoms with Gasteiger partial charge in [0.25, 0.3) is 0 Å². The van der Waals surface area contributed by atoms with Gasteiger partial charge in [-0.1, -0.05) is 30.3 Å². The molecule has 0 bridgehead atoms. The molecule has 0 atom stereocenters. The summed E-state index contributed by atoms with van der Waals surface area (Å²) in [5, 5.41) is 11.3. The highest BCUT2D eigenvalue weighted by atomic mass is 15.1. The maximum Gasteiger partial charge on any atom is 0.114 e. The SMILES string of the molecule is [c]1cc2c(ccc3ccccc32)nn1. The van der Waals surface area contributed by atoms with Gasteiger partial charge in [-0.25, -0.2) is 0 Å². The van der Waals surface area contributed by atoms with Crippen molar-refractivity contribution < 1.29 is 0 Å². The summed E-state index contributed by atoms with van der Waals surface area (Å²) in [6.07, 6.45) is 2.77. The average Bonchev–Trinajstić information content (AvgIpc) is 2.29. The second-order valence-electron chi connectivity index (χ2n) is 3.19. The molecule has 14 heavy (non-hydrogen) atoms. The number of fused-ring (bicyclic) bond motifs is 3. The summed E-state index contributed by atoms with van der Waals surface area (Å²) < 4.78 is 0. The molecule has 1 heterocycles. The third kappa shape index (κ3) is 0.973. The normalized spacial score (nSPS) is 10.9. The Morgan fingerprint density at radius 1 is 0.929 bits per heavy atom. The lowest BCUT2D eigenvalue weighted by atomic mass is 10.1. The van der Waals surface area contributed by atoms with E-state index in [0.717, 1.165) is 10.9 Å². The molecule has 0 aliphatic rings. The minimum Gasteiger partial charge on any atom is -0.150 e. The molecule has 1 aromatic heterocycles. The first-order valence-electron chi connectivity index (χ1n) is 4.46. The highest BCUT2D eigenvalue weighted by Gasteiger charge is 1.99. The lowest BCUT2D eigenvalue weighted by molar-refractivity contribution is 1.07. The molecule has 0 unspecified atom stereocenters. The van der Waals surface area contributed by atoms with Gasteiger partial charge in [0.1, 0.15) is 6.20 Å². The predicted octanol–water partition coefficient (Wildman–Crippen LogP) is 2.58. The number of rotatable bonds is 0. The number of aromatic nitrogens is 2. The fourth-order valence-electron chi connectivity index (χ4n) is 1.70. The Bertz CT molecular complexity index is 547. The van der Waals surface area contributed by atoms with E-state index in [9.17, 15) is 0 Å². The Morgan fingerprint density at radius 2 is 1.86 bits per heavy atom. The van der Waals surface area contributed by atoms with Crippen LogP contribution in [0.3, 0.4) is 0 Å². The van der Waals surface area contributed by atoms with Crippen LogP contribution in [0.15, 0.2) is 42.5 Å². The first-order chi connectivity index (χ1) is 6.95. The highest BCUT2D eigenvalue weighted by Crippen LogP contribution is 2.22. The van der Waals surface area contributed by atoms with Crippen LogP contribution in [-0.2, 0) is 0 Å². The van der Waals surface area contributed by atoms with Crippen molar-refractivity contribution >= 4 is 21.7 Å². The molecule has 2 aromatic carbocycles. The Labute approximate surface area is 81.2 Å². The molecule has 2 heteroatoms. The molecule has 0 saturated heterocycles. The van der Waals surface area contributed by atoms with E-state index >= 15 is 0 Å². The predicted molar refractivity (Wildman–Crippen MR) is 55.9 cm³/mol. The van der Waals surface area contributed by atoms with E-state index in [-0.39, 0.29) is 0 Å². The largest absolute Gasteiger partial charge is 0.150 e. The van der Waals surface area contributed by atoms with E-state index in [4.69, 9.17) is 0 Å². The molecule has 0 spiro atoms. The van der Waals surface area contributed by atoms with Crippen LogP contribution in [0, 0.1) is 6.20 Å². The third-order valence-electron chi connectivity index (χ3n) is 2.37. The van der Waals surface area contributed by atoms with Crippen LogP contribution < -0.4 is 0 Å². The van der Waals surface area contributed by atoms with Crippen LogP contribution in [0.4, 0.5) is 0 Å². The van der Waals surface area contributed by atoms with E-state index in [0.29, 0.717) is 0 Å². The molecule has 0 aliphatic heterocycles. The van der Waals surface area contributed by atoms with Crippen molar-refractivity contribution in [2.24, 2.45) is 0 Å². The van der Waals surface area contributed by atoms with E-state index in [1.54, 1.807) is 0 Å². The summed E-state index contributed by atoms with van der Waals surface area (Å²) in [5.41, 5.74) is 0.919. The van der Waals surface area contributed by atoms with E-state index in [1.807, 2.05) is 24.3 Å². The van der Waals surface area contributed by atoms with Gasteiger partial charge >= 0.3 is 0 Å². The molecule has 3 rings (SSSR count). The quantitative estimate of drug-likeness (QED) is 0.496. The molecule has 0 N–H and O–H groups in total. The number of nitrogens with zero attached hydrogens (tertiary/aromatic N) is 2. The van der Waals surface area contributed by atoms with Gasteiger partial charge in [0.15, 0.2) is 0 Å². The van der Waals surface area contributed by atoms with Gasteiger partial charge < -0.3 is 0 Å². The second kappa shape index (κ2) is 2.77. The zero-order valence-electron chi connectivity index (χ0n) is 7.44. The molecular weight excluding hydrogens is 172 g/mol. The van der Waals surface area contributed by atoms with Crippen molar-refractivity contribution in [3.05, 3.63) is 48.7 Å². The smallest absolute Gasteiger partial charge is 0.114 e. The molecular formula is C12H7N2. The van der Waals surface area contributed by atoms with Gasteiger partial charge in [0, 0.05) is 5.39 Å². The zero-order valence-corrected chi connectivity index (χ0v) is 7.44. The summed E-state index contributed by atoms with van der Waals surface area (Å²) in [6, 6.07) is 14.2. The van der Waals surface area contributed by atoms with E-state index < -0.39 is 0 Å². The van der Waals surface area contributed by atoms with Crippen molar-refractivity contribution in [2.45, 2.75) is 0 Å². The molecule has 1 radical (unpaired) electrons. The Hall–Kier alpha value is -1.96. The second-order valence-corrected chi connectivity index (χ2v) is 3.19. The van der Waals surface area contributed by atoms with Crippen molar-refractivity contribution in [2.75, 3.05) is 0 Å². The molecule has 2 nitrogen and oxygen atoms in total. The summed E-state index contributed by atoms with van der Waals surface area (Å²) in [6.45, 7) is 0. The van der Waals surface area contributed by atoms with Crippen molar-refractivity contribution in [3.8, 4) is 0 Å². The molecule has 3 aromatic rings. The summed E-state index contributed by atoms with van der Waals surface area (Å²) in [4.78, 5) is 0. The minimum atomic E-state index is 0.919. The van der Waals surface area contributed by atoms with Gasteiger partial charge in [-0.2, -0.15) is 0 Å². The van der Waals surface area contributed by atoms with Crippen LogP contribution >= 0.6 is 0 Å².